The van der Waals surface area contributed by atoms with E-state index in [0.717, 1.165) is 12.1 Å². The lowest BCUT2D eigenvalue weighted by molar-refractivity contribution is -0.134. The van der Waals surface area contributed by atoms with Crippen molar-refractivity contribution in [1.29, 1.82) is 0 Å². The molecule has 0 spiro atoms. The highest BCUT2D eigenvalue weighted by atomic mass is 16.4. The maximum absolute atomic E-state index is 10.5. The second kappa shape index (κ2) is 5.93. The fourth-order valence-electron chi connectivity index (χ4n) is 2.59. The SMILES string of the molecule is Cn1ccc2cc(Cc3ccc(NCC(=O)O)cc3)ccc21. The maximum Gasteiger partial charge on any atom is 0.322 e. The first-order chi connectivity index (χ1) is 10.6. The van der Waals surface area contributed by atoms with E-state index in [4.69, 9.17) is 5.11 Å². The summed E-state index contributed by atoms with van der Waals surface area (Å²) in [5.41, 5.74) is 4.53. The third-order valence-electron chi connectivity index (χ3n) is 3.76. The number of carboxylic acid groups (broad SMARTS) is 1. The van der Waals surface area contributed by atoms with Gasteiger partial charge in [-0.25, -0.2) is 0 Å². The highest BCUT2D eigenvalue weighted by Crippen LogP contribution is 2.19. The minimum absolute atomic E-state index is 0.0655. The van der Waals surface area contributed by atoms with Gasteiger partial charge < -0.3 is 15.0 Å². The standard InChI is InChI=1S/C18H18N2O2/c1-20-9-8-15-11-14(4-7-17(15)20)10-13-2-5-16(6-3-13)19-12-18(21)22/h2-9,11,19H,10,12H2,1H3,(H,21,22). The van der Waals surface area contributed by atoms with Crippen LogP contribution < -0.4 is 5.32 Å². The predicted octanol–water partition coefficient (Wildman–Crippen LogP) is 3.27. The Hall–Kier alpha value is -2.75. The van der Waals surface area contributed by atoms with Crippen molar-refractivity contribution < 1.29 is 9.90 Å². The number of hydrogen-bond acceptors (Lipinski definition) is 2. The van der Waals surface area contributed by atoms with E-state index in [1.54, 1.807) is 0 Å². The molecule has 0 aliphatic heterocycles. The van der Waals surface area contributed by atoms with Crippen LogP contribution >= 0.6 is 0 Å². The topological polar surface area (TPSA) is 54.3 Å². The molecule has 0 atom stereocenters. The van der Waals surface area contributed by atoms with E-state index < -0.39 is 5.97 Å². The Labute approximate surface area is 129 Å². The maximum atomic E-state index is 10.5. The first kappa shape index (κ1) is 14.2. The van der Waals surface area contributed by atoms with Crippen molar-refractivity contribution in [1.82, 2.24) is 4.57 Å². The molecule has 3 rings (SSSR count). The molecule has 1 heterocycles. The average Bonchev–Trinajstić information content (AvgIpc) is 2.87. The smallest absolute Gasteiger partial charge is 0.322 e. The minimum Gasteiger partial charge on any atom is -0.480 e. The second-order valence-electron chi connectivity index (χ2n) is 5.44. The van der Waals surface area contributed by atoms with Crippen LogP contribution in [0.2, 0.25) is 0 Å². The molecule has 0 radical (unpaired) electrons. The van der Waals surface area contributed by atoms with Crippen LogP contribution in [0.25, 0.3) is 10.9 Å². The summed E-state index contributed by atoms with van der Waals surface area (Å²) < 4.78 is 2.11. The van der Waals surface area contributed by atoms with Gasteiger partial charge in [0.25, 0.3) is 0 Å². The Kier molecular flexibility index (Phi) is 3.83. The number of carbonyl (C=O) groups is 1. The molecule has 112 valence electrons. The zero-order valence-corrected chi connectivity index (χ0v) is 12.4. The zero-order chi connectivity index (χ0) is 15.5. The molecule has 0 fully saturated rings. The van der Waals surface area contributed by atoms with Crippen LogP contribution in [0.5, 0.6) is 0 Å². The number of carboxylic acids is 1. The second-order valence-corrected chi connectivity index (χ2v) is 5.44. The summed E-state index contributed by atoms with van der Waals surface area (Å²) in [7, 11) is 2.05. The van der Waals surface area contributed by atoms with E-state index in [-0.39, 0.29) is 6.54 Å². The van der Waals surface area contributed by atoms with E-state index in [0.29, 0.717) is 0 Å². The quantitative estimate of drug-likeness (QED) is 0.759. The van der Waals surface area contributed by atoms with Crippen molar-refractivity contribution in [3.63, 3.8) is 0 Å². The van der Waals surface area contributed by atoms with Gasteiger partial charge in [-0.1, -0.05) is 18.2 Å². The molecule has 0 saturated carbocycles. The summed E-state index contributed by atoms with van der Waals surface area (Å²) in [5, 5.41) is 12.8. The van der Waals surface area contributed by atoms with Crippen molar-refractivity contribution in [3.8, 4) is 0 Å². The molecule has 4 nitrogen and oxygen atoms in total. The Bertz CT molecular complexity index is 804. The number of rotatable bonds is 5. The van der Waals surface area contributed by atoms with Crippen LogP contribution in [0.4, 0.5) is 5.69 Å². The molecular formula is C18H18N2O2. The Morgan fingerprint density at radius 3 is 2.55 bits per heavy atom. The van der Waals surface area contributed by atoms with Crippen molar-refractivity contribution in [2.45, 2.75) is 6.42 Å². The lowest BCUT2D eigenvalue weighted by Gasteiger charge is -2.06. The number of benzene rings is 2. The third-order valence-corrected chi connectivity index (χ3v) is 3.76. The fourth-order valence-corrected chi connectivity index (χ4v) is 2.59. The highest BCUT2D eigenvalue weighted by Gasteiger charge is 2.02. The number of aromatic nitrogens is 1. The average molecular weight is 294 g/mol. The van der Waals surface area contributed by atoms with Gasteiger partial charge in [0.2, 0.25) is 0 Å². The fraction of sp³-hybridized carbons (Fsp3) is 0.167. The van der Waals surface area contributed by atoms with Gasteiger partial charge in [-0.15, -0.1) is 0 Å². The van der Waals surface area contributed by atoms with Gasteiger partial charge in [0.1, 0.15) is 6.54 Å². The minimum atomic E-state index is -0.861. The van der Waals surface area contributed by atoms with Crippen LogP contribution in [-0.2, 0) is 18.3 Å². The van der Waals surface area contributed by atoms with Gasteiger partial charge in [-0.05, 0) is 53.3 Å². The number of nitrogens with one attached hydrogen (secondary N) is 1. The molecule has 2 aromatic carbocycles. The van der Waals surface area contributed by atoms with Crippen LogP contribution in [0, 0.1) is 0 Å². The van der Waals surface area contributed by atoms with Crippen LogP contribution in [0.1, 0.15) is 11.1 Å². The van der Waals surface area contributed by atoms with Crippen molar-refractivity contribution in [2.24, 2.45) is 7.05 Å². The monoisotopic (exact) mass is 294 g/mol. The summed E-state index contributed by atoms with van der Waals surface area (Å²) in [6.07, 6.45) is 2.93. The van der Waals surface area contributed by atoms with Crippen LogP contribution in [0.3, 0.4) is 0 Å². The van der Waals surface area contributed by atoms with E-state index in [2.05, 4.69) is 40.3 Å². The van der Waals surface area contributed by atoms with Gasteiger partial charge >= 0.3 is 5.97 Å². The molecular weight excluding hydrogens is 276 g/mol. The normalized spacial score (nSPS) is 10.8. The molecule has 2 N–H and O–H groups in total. The molecule has 0 bridgehead atoms. The number of hydrogen-bond donors (Lipinski definition) is 2. The molecule has 0 saturated heterocycles. The Morgan fingerprint density at radius 2 is 1.82 bits per heavy atom. The lowest BCUT2D eigenvalue weighted by Crippen LogP contribution is -2.12. The first-order valence-electron chi connectivity index (χ1n) is 7.20. The summed E-state index contributed by atoms with van der Waals surface area (Å²) in [5.74, 6) is -0.861. The Morgan fingerprint density at radius 1 is 1.09 bits per heavy atom. The summed E-state index contributed by atoms with van der Waals surface area (Å²) >= 11 is 0. The van der Waals surface area contributed by atoms with Gasteiger partial charge in [-0.3, -0.25) is 4.79 Å². The number of aryl methyl sites for hydroxylation is 1. The van der Waals surface area contributed by atoms with Gasteiger partial charge in [0, 0.05) is 24.4 Å². The Balaban J connectivity index is 1.72. The molecule has 3 aromatic rings. The largest absolute Gasteiger partial charge is 0.480 e. The van der Waals surface area contributed by atoms with E-state index in [9.17, 15) is 4.79 Å². The molecule has 0 aliphatic rings. The number of aliphatic carboxylic acids is 1. The first-order valence-corrected chi connectivity index (χ1v) is 7.20. The van der Waals surface area contributed by atoms with Gasteiger partial charge in [-0.2, -0.15) is 0 Å². The van der Waals surface area contributed by atoms with Gasteiger partial charge in [0.15, 0.2) is 0 Å². The predicted molar refractivity (Wildman–Crippen MR) is 88.3 cm³/mol. The van der Waals surface area contributed by atoms with E-state index in [1.807, 2.05) is 31.3 Å². The molecule has 1 aromatic heterocycles. The lowest BCUT2D eigenvalue weighted by atomic mass is 10.0. The molecule has 0 unspecified atom stereocenters. The number of nitrogens with zero attached hydrogens (tertiary/aromatic N) is 1. The van der Waals surface area contributed by atoms with E-state index >= 15 is 0 Å². The van der Waals surface area contributed by atoms with Crippen LogP contribution in [0.15, 0.2) is 54.7 Å². The highest BCUT2D eigenvalue weighted by molar-refractivity contribution is 5.80. The molecule has 0 amide bonds. The number of anilines is 1. The van der Waals surface area contributed by atoms with E-state index in [1.165, 1.54) is 22.0 Å². The van der Waals surface area contributed by atoms with Crippen molar-refractivity contribution in [3.05, 3.63) is 65.9 Å². The summed E-state index contributed by atoms with van der Waals surface area (Å²) in [6, 6.07) is 16.5. The third kappa shape index (κ3) is 3.11. The summed E-state index contributed by atoms with van der Waals surface area (Å²) in [4.78, 5) is 10.5. The van der Waals surface area contributed by atoms with Crippen molar-refractivity contribution in [2.75, 3.05) is 11.9 Å². The van der Waals surface area contributed by atoms with Crippen LogP contribution in [-0.4, -0.2) is 22.2 Å². The molecule has 4 heteroatoms. The zero-order valence-electron chi connectivity index (χ0n) is 12.4. The molecule has 0 aliphatic carbocycles. The van der Waals surface area contributed by atoms with Gasteiger partial charge in [0.05, 0.1) is 0 Å². The summed E-state index contributed by atoms with van der Waals surface area (Å²) in [6.45, 7) is -0.0655. The van der Waals surface area contributed by atoms with Crippen molar-refractivity contribution >= 4 is 22.6 Å². The molecule has 22 heavy (non-hydrogen) atoms. The number of fused-ring (bicyclic) bond motifs is 1.